The SMILES string of the molecule is CC(NC(=O)Cc1ccc(S(=O)(=O)N2CCCCC2)cc1)c1ccc(Cl)c(Cl)c1. The lowest BCUT2D eigenvalue weighted by Crippen LogP contribution is -2.35. The molecule has 0 bridgehead atoms. The van der Waals surface area contributed by atoms with Crippen molar-refractivity contribution in [3.63, 3.8) is 0 Å². The number of amides is 1. The van der Waals surface area contributed by atoms with Gasteiger partial charge in [-0.2, -0.15) is 4.31 Å². The quantitative estimate of drug-likeness (QED) is 0.693. The number of benzene rings is 2. The number of rotatable bonds is 6. The molecule has 1 saturated heterocycles. The van der Waals surface area contributed by atoms with Gasteiger partial charge in [0.2, 0.25) is 15.9 Å². The molecule has 2 aromatic rings. The zero-order valence-electron chi connectivity index (χ0n) is 16.2. The van der Waals surface area contributed by atoms with E-state index in [2.05, 4.69) is 5.32 Å². The molecule has 29 heavy (non-hydrogen) atoms. The Hall–Kier alpha value is -1.60. The van der Waals surface area contributed by atoms with E-state index in [1.165, 1.54) is 4.31 Å². The number of nitrogens with one attached hydrogen (secondary N) is 1. The molecule has 2 aromatic carbocycles. The van der Waals surface area contributed by atoms with E-state index in [-0.39, 0.29) is 23.3 Å². The lowest BCUT2D eigenvalue weighted by molar-refractivity contribution is -0.121. The van der Waals surface area contributed by atoms with E-state index < -0.39 is 10.0 Å². The molecule has 0 radical (unpaired) electrons. The van der Waals surface area contributed by atoms with Gasteiger partial charge in [-0.25, -0.2) is 8.42 Å². The normalized spacial score (nSPS) is 16.4. The highest BCUT2D eigenvalue weighted by molar-refractivity contribution is 7.89. The monoisotopic (exact) mass is 454 g/mol. The molecule has 0 spiro atoms. The first-order valence-corrected chi connectivity index (χ1v) is 11.8. The molecule has 8 heteroatoms. The first kappa shape index (κ1) is 22.1. The third kappa shape index (κ3) is 5.51. The van der Waals surface area contributed by atoms with Gasteiger partial charge in [-0.05, 0) is 55.2 Å². The molecule has 1 amide bonds. The Morgan fingerprint density at radius 3 is 2.31 bits per heavy atom. The summed E-state index contributed by atoms with van der Waals surface area (Å²) in [6.07, 6.45) is 3.03. The van der Waals surface area contributed by atoms with Crippen LogP contribution in [0.15, 0.2) is 47.4 Å². The molecule has 1 N–H and O–H groups in total. The highest BCUT2D eigenvalue weighted by Gasteiger charge is 2.25. The molecule has 1 aliphatic heterocycles. The molecule has 1 fully saturated rings. The van der Waals surface area contributed by atoms with Crippen molar-refractivity contribution in [3.05, 3.63) is 63.6 Å². The summed E-state index contributed by atoms with van der Waals surface area (Å²) in [4.78, 5) is 12.7. The fraction of sp³-hybridized carbons (Fsp3) is 0.381. The number of halogens is 2. The van der Waals surface area contributed by atoms with Crippen molar-refractivity contribution in [3.8, 4) is 0 Å². The van der Waals surface area contributed by atoms with Crippen molar-refractivity contribution < 1.29 is 13.2 Å². The summed E-state index contributed by atoms with van der Waals surface area (Å²) in [6, 6.07) is 11.6. The summed E-state index contributed by atoms with van der Waals surface area (Å²) in [7, 11) is -3.46. The Labute approximate surface area is 182 Å². The van der Waals surface area contributed by atoms with Crippen LogP contribution in [0.1, 0.15) is 43.4 Å². The van der Waals surface area contributed by atoms with Crippen molar-refractivity contribution in [2.24, 2.45) is 0 Å². The molecule has 5 nitrogen and oxygen atoms in total. The van der Waals surface area contributed by atoms with Crippen molar-refractivity contribution in [1.29, 1.82) is 0 Å². The van der Waals surface area contributed by atoms with E-state index in [1.54, 1.807) is 36.4 Å². The van der Waals surface area contributed by atoms with E-state index in [1.807, 2.05) is 13.0 Å². The highest BCUT2D eigenvalue weighted by Crippen LogP contribution is 2.26. The minimum Gasteiger partial charge on any atom is -0.349 e. The average molecular weight is 455 g/mol. The van der Waals surface area contributed by atoms with Crippen LogP contribution in [-0.2, 0) is 21.2 Å². The number of nitrogens with zero attached hydrogens (tertiary/aromatic N) is 1. The predicted molar refractivity (Wildman–Crippen MR) is 116 cm³/mol. The number of piperidine rings is 1. The molecule has 1 aliphatic rings. The number of hydrogen-bond donors (Lipinski definition) is 1. The van der Waals surface area contributed by atoms with Crippen LogP contribution in [-0.4, -0.2) is 31.7 Å². The van der Waals surface area contributed by atoms with Crippen molar-refractivity contribution >= 4 is 39.1 Å². The van der Waals surface area contributed by atoms with Crippen LogP contribution in [0.2, 0.25) is 10.0 Å². The topological polar surface area (TPSA) is 66.5 Å². The third-order valence-electron chi connectivity index (χ3n) is 5.06. The van der Waals surface area contributed by atoms with Crippen LogP contribution in [0.4, 0.5) is 0 Å². The fourth-order valence-corrected chi connectivity index (χ4v) is 5.20. The second kappa shape index (κ2) is 9.47. The van der Waals surface area contributed by atoms with Gasteiger partial charge in [-0.15, -0.1) is 0 Å². The van der Waals surface area contributed by atoms with Gasteiger partial charge in [0.15, 0.2) is 0 Å². The van der Waals surface area contributed by atoms with Crippen molar-refractivity contribution in [2.75, 3.05) is 13.1 Å². The molecule has 1 unspecified atom stereocenters. The Morgan fingerprint density at radius 1 is 1.03 bits per heavy atom. The number of hydrogen-bond acceptors (Lipinski definition) is 3. The van der Waals surface area contributed by atoms with Crippen LogP contribution < -0.4 is 5.32 Å². The molecular weight excluding hydrogens is 431 g/mol. The summed E-state index contributed by atoms with van der Waals surface area (Å²) in [5.74, 6) is -0.157. The second-order valence-corrected chi connectivity index (χ2v) is 10.0. The van der Waals surface area contributed by atoms with Crippen LogP contribution in [0.25, 0.3) is 0 Å². The summed E-state index contributed by atoms with van der Waals surface area (Å²) in [5.41, 5.74) is 1.61. The van der Waals surface area contributed by atoms with Crippen molar-refractivity contribution in [1.82, 2.24) is 9.62 Å². The summed E-state index contributed by atoms with van der Waals surface area (Å²) in [5, 5.41) is 3.83. The number of carbonyl (C=O) groups excluding carboxylic acids is 1. The van der Waals surface area contributed by atoms with Crippen LogP contribution in [0.3, 0.4) is 0 Å². The van der Waals surface area contributed by atoms with Gasteiger partial charge in [0.25, 0.3) is 0 Å². The van der Waals surface area contributed by atoms with Gasteiger partial charge in [-0.3, -0.25) is 4.79 Å². The predicted octanol–water partition coefficient (Wildman–Crippen LogP) is 4.59. The van der Waals surface area contributed by atoms with Crippen LogP contribution in [0, 0.1) is 0 Å². The Bertz CT molecular complexity index is 972. The first-order valence-electron chi connectivity index (χ1n) is 9.61. The Balaban J connectivity index is 1.61. The summed E-state index contributed by atoms with van der Waals surface area (Å²) >= 11 is 12.0. The maximum absolute atomic E-state index is 12.7. The van der Waals surface area contributed by atoms with Crippen LogP contribution in [0.5, 0.6) is 0 Å². The van der Waals surface area contributed by atoms with Crippen LogP contribution >= 0.6 is 23.2 Å². The largest absolute Gasteiger partial charge is 0.349 e. The van der Waals surface area contributed by atoms with Gasteiger partial charge in [0.1, 0.15) is 0 Å². The molecule has 156 valence electrons. The number of carbonyl (C=O) groups is 1. The zero-order valence-corrected chi connectivity index (χ0v) is 18.5. The summed E-state index contributed by atoms with van der Waals surface area (Å²) in [6.45, 7) is 3.00. The second-order valence-electron chi connectivity index (χ2n) is 7.25. The summed E-state index contributed by atoms with van der Waals surface area (Å²) < 4.78 is 26.9. The maximum Gasteiger partial charge on any atom is 0.243 e. The third-order valence-corrected chi connectivity index (χ3v) is 7.71. The van der Waals surface area contributed by atoms with E-state index >= 15 is 0 Å². The van der Waals surface area contributed by atoms with E-state index in [0.29, 0.717) is 23.1 Å². The lowest BCUT2D eigenvalue weighted by atomic mass is 10.1. The zero-order chi connectivity index (χ0) is 21.0. The standard InChI is InChI=1S/C21H24Cl2N2O3S/c1-15(17-7-10-19(22)20(23)14-17)24-21(26)13-16-5-8-18(9-6-16)29(27,28)25-11-3-2-4-12-25/h5-10,14-15H,2-4,11-13H2,1H3,(H,24,26). The van der Waals surface area contributed by atoms with Gasteiger partial charge in [-0.1, -0.05) is 47.8 Å². The molecule has 0 aliphatic carbocycles. The van der Waals surface area contributed by atoms with E-state index in [0.717, 1.165) is 30.4 Å². The van der Waals surface area contributed by atoms with Gasteiger partial charge >= 0.3 is 0 Å². The molecule has 3 rings (SSSR count). The molecule has 0 aromatic heterocycles. The van der Waals surface area contributed by atoms with Gasteiger partial charge < -0.3 is 5.32 Å². The minimum atomic E-state index is -3.46. The van der Waals surface area contributed by atoms with Gasteiger partial charge in [0.05, 0.1) is 27.4 Å². The van der Waals surface area contributed by atoms with E-state index in [4.69, 9.17) is 23.2 Å². The van der Waals surface area contributed by atoms with E-state index in [9.17, 15) is 13.2 Å². The minimum absolute atomic E-state index is 0.157. The molecule has 1 atom stereocenters. The molecule has 1 heterocycles. The Morgan fingerprint density at radius 2 is 1.69 bits per heavy atom. The smallest absolute Gasteiger partial charge is 0.243 e. The lowest BCUT2D eigenvalue weighted by Gasteiger charge is -2.25. The Kier molecular flexibility index (Phi) is 7.22. The van der Waals surface area contributed by atoms with Crippen molar-refractivity contribution in [2.45, 2.75) is 43.5 Å². The maximum atomic E-state index is 12.7. The molecular formula is C21H24Cl2N2O3S. The fourth-order valence-electron chi connectivity index (χ4n) is 3.38. The average Bonchev–Trinajstić information content (AvgIpc) is 2.71. The number of sulfonamides is 1. The highest BCUT2D eigenvalue weighted by atomic mass is 35.5. The van der Waals surface area contributed by atoms with Gasteiger partial charge in [0, 0.05) is 13.1 Å². The molecule has 0 saturated carbocycles. The first-order chi connectivity index (χ1) is 13.8.